The average Bonchev–Trinajstić information content (AvgIpc) is 2.56. The zero-order valence-electron chi connectivity index (χ0n) is 12.3. The summed E-state index contributed by atoms with van der Waals surface area (Å²) in [5, 5.41) is 0. The first-order chi connectivity index (χ1) is 11.1. The monoisotopic (exact) mass is 322 g/mol. The van der Waals surface area contributed by atoms with Gasteiger partial charge >= 0.3 is 0 Å². The molecule has 0 aliphatic carbocycles. The fourth-order valence-electron chi connectivity index (χ4n) is 2.30. The van der Waals surface area contributed by atoms with E-state index in [2.05, 4.69) is 15.0 Å². The Morgan fingerprint density at radius 1 is 1.22 bits per heavy atom. The van der Waals surface area contributed by atoms with Gasteiger partial charge in [0.25, 0.3) is 0 Å². The van der Waals surface area contributed by atoms with E-state index in [0.29, 0.717) is 26.1 Å². The summed E-state index contributed by atoms with van der Waals surface area (Å²) in [6.45, 7) is 1.43. The van der Waals surface area contributed by atoms with Gasteiger partial charge in [0.1, 0.15) is 6.61 Å². The van der Waals surface area contributed by atoms with E-state index < -0.39 is 17.3 Å². The van der Waals surface area contributed by atoms with Crippen molar-refractivity contribution in [3.8, 4) is 17.1 Å². The summed E-state index contributed by atoms with van der Waals surface area (Å²) in [6.07, 6.45) is 4.91. The van der Waals surface area contributed by atoms with Crippen LogP contribution in [0, 0.1) is 11.8 Å². The topological polar surface area (TPSA) is 83.2 Å². The molecule has 1 fully saturated rings. The first-order valence-electron chi connectivity index (χ1n) is 7.19. The Labute approximate surface area is 131 Å². The number of rotatable bonds is 4. The molecule has 3 heterocycles. The summed E-state index contributed by atoms with van der Waals surface area (Å²) in [6, 6.07) is 0.964. The second-order valence-corrected chi connectivity index (χ2v) is 5.49. The van der Waals surface area contributed by atoms with Crippen LogP contribution >= 0.6 is 0 Å². The minimum Gasteiger partial charge on any atom is -0.475 e. The maximum atomic E-state index is 13.8. The number of pyridine rings is 1. The lowest BCUT2D eigenvalue weighted by Gasteiger charge is -2.32. The SMILES string of the molecule is NC1(COc2cncc(-c3cc(F)ncc3F)n2)CCOCC1. The molecule has 1 saturated heterocycles. The number of ether oxygens (including phenoxy) is 2. The van der Waals surface area contributed by atoms with E-state index in [1.165, 1.54) is 12.4 Å². The number of hydrogen-bond acceptors (Lipinski definition) is 6. The molecule has 0 unspecified atom stereocenters. The largest absolute Gasteiger partial charge is 0.475 e. The summed E-state index contributed by atoms with van der Waals surface area (Å²) < 4.78 is 37.8. The Kier molecular flexibility index (Phi) is 4.44. The van der Waals surface area contributed by atoms with Crippen molar-refractivity contribution < 1.29 is 18.3 Å². The van der Waals surface area contributed by atoms with Gasteiger partial charge in [-0.15, -0.1) is 0 Å². The minimum atomic E-state index is -0.794. The van der Waals surface area contributed by atoms with Crippen LogP contribution in [0.15, 0.2) is 24.7 Å². The normalized spacial score (nSPS) is 17.0. The Hall–Kier alpha value is -2.19. The van der Waals surface area contributed by atoms with Crippen molar-refractivity contribution in [3.63, 3.8) is 0 Å². The fourth-order valence-corrected chi connectivity index (χ4v) is 2.30. The van der Waals surface area contributed by atoms with E-state index in [1.54, 1.807) is 0 Å². The molecule has 0 spiro atoms. The molecule has 2 aromatic rings. The van der Waals surface area contributed by atoms with Crippen molar-refractivity contribution >= 4 is 0 Å². The van der Waals surface area contributed by atoms with Gasteiger partial charge in [0.2, 0.25) is 11.8 Å². The fraction of sp³-hybridized carbons (Fsp3) is 0.400. The quantitative estimate of drug-likeness (QED) is 0.863. The highest BCUT2D eigenvalue weighted by Gasteiger charge is 2.29. The first-order valence-corrected chi connectivity index (χ1v) is 7.19. The number of hydrogen-bond donors (Lipinski definition) is 1. The van der Waals surface area contributed by atoms with Crippen LogP contribution in [-0.2, 0) is 4.74 Å². The molecule has 6 nitrogen and oxygen atoms in total. The van der Waals surface area contributed by atoms with E-state index in [-0.39, 0.29) is 23.7 Å². The van der Waals surface area contributed by atoms with Crippen molar-refractivity contribution in [1.29, 1.82) is 0 Å². The molecule has 122 valence electrons. The summed E-state index contributed by atoms with van der Waals surface area (Å²) in [5.41, 5.74) is 5.89. The molecule has 0 amide bonds. The Morgan fingerprint density at radius 2 is 2.00 bits per heavy atom. The van der Waals surface area contributed by atoms with E-state index in [9.17, 15) is 8.78 Å². The predicted octanol–water partition coefficient (Wildman–Crippen LogP) is 1.70. The Bertz CT molecular complexity index is 693. The third kappa shape index (κ3) is 3.77. The number of nitrogens with two attached hydrogens (primary N) is 1. The summed E-state index contributed by atoms with van der Waals surface area (Å²) >= 11 is 0. The summed E-state index contributed by atoms with van der Waals surface area (Å²) in [7, 11) is 0. The van der Waals surface area contributed by atoms with Crippen LogP contribution in [0.2, 0.25) is 0 Å². The maximum Gasteiger partial charge on any atom is 0.232 e. The van der Waals surface area contributed by atoms with Crippen LogP contribution in [0.3, 0.4) is 0 Å². The predicted molar refractivity (Wildman–Crippen MR) is 77.6 cm³/mol. The second-order valence-electron chi connectivity index (χ2n) is 5.49. The van der Waals surface area contributed by atoms with Gasteiger partial charge in [-0.2, -0.15) is 4.39 Å². The van der Waals surface area contributed by atoms with E-state index >= 15 is 0 Å². The highest BCUT2D eigenvalue weighted by molar-refractivity contribution is 5.58. The third-order valence-corrected chi connectivity index (χ3v) is 3.71. The van der Waals surface area contributed by atoms with E-state index in [4.69, 9.17) is 15.2 Å². The van der Waals surface area contributed by atoms with Crippen molar-refractivity contribution in [2.24, 2.45) is 5.73 Å². The molecule has 3 rings (SSSR count). The van der Waals surface area contributed by atoms with Crippen LogP contribution in [0.25, 0.3) is 11.3 Å². The lowest BCUT2D eigenvalue weighted by molar-refractivity contribution is 0.0335. The number of halogens is 2. The third-order valence-electron chi connectivity index (χ3n) is 3.71. The second kappa shape index (κ2) is 6.51. The Balaban J connectivity index is 1.76. The molecule has 0 bridgehead atoms. The molecule has 0 saturated carbocycles. The number of nitrogens with zero attached hydrogens (tertiary/aromatic N) is 3. The zero-order chi connectivity index (χ0) is 16.3. The molecule has 0 atom stereocenters. The molecular formula is C15H16F2N4O2. The van der Waals surface area contributed by atoms with Crippen LogP contribution in [-0.4, -0.2) is 40.3 Å². The average molecular weight is 322 g/mol. The zero-order valence-corrected chi connectivity index (χ0v) is 12.3. The smallest absolute Gasteiger partial charge is 0.232 e. The van der Waals surface area contributed by atoms with Gasteiger partial charge in [0.15, 0.2) is 5.82 Å². The molecule has 2 N–H and O–H groups in total. The maximum absolute atomic E-state index is 13.8. The molecule has 1 aliphatic rings. The van der Waals surface area contributed by atoms with Gasteiger partial charge in [-0.05, 0) is 12.8 Å². The van der Waals surface area contributed by atoms with Gasteiger partial charge < -0.3 is 15.2 Å². The van der Waals surface area contributed by atoms with Crippen LogP contribution in [0.4, 0.5) is 8.78 Å². The summed E-state index contributed by atoms with van der Waals surface area (Å²) in [5.74, 6) is -1.27. The number of aromatic nitrogens is 3. The van der Waals surface area contributed by atoms with Crippen molar-refractivity contribution in [2.75, 3.05) is 19.8 Å². The molecular weight excluding hydrogens is 306 g/mol. The lowest BCUT2D eigenvalue weighted by Crippen LogP contribution is -2.49. The highest BCUT2D eigenvalue weighted by Crippen LogP contribution is 2.23. The van der Waals surface area contributed by atoms with E-state index in [1.807, 2.05) is 0 Å². The van der Waals surface area contributed by atoms with Gasteiger partial charge in [-0.3, -0.25) is 4.98 Å². The molecule has 0 radical (unpaired) electrons. The van der Waals surface area contributed by atoms with Gasteiger partial charge in [-0.25, -0.2) is 14.4 Å². The molecule has 0 aromatic carbocycles. The van der Waals surface area contributed by atoms with Crippen molar-refractivity contribution in [1.82, 2.24) is 15.0 Å². The summed E-state index contributed by atoms with van der Waals surface area (Å²) in [4.78, 5) is 11.4. The molecule has 8 heteroatoms. The van der Waals surface area contributed by atoms with Crippen LogP contribution < -0.4 is 10.5 Å². The van der Waals surface area contributed by atoms with Crippen molar-refractivity contribution in [3.05, 3.63) is 36.4 Å². The molecule has 23 heavy (non-hydrogen) atoms. The molecule has 1 aliphatic heterocycles. The molecule has 2 aromatic heterocycles. The Morgan fingerprint density at radius 3 is 2.78 bits per heavy atom. The van der Waals surface area contributed by atoms with Gasteiger partial charge in [0, 0.05) is 24.8 Å². The van der Waals surface area contributed by atoms with Crippen LogP contribution in [0.1, 0.15) is 12.8 Å². The van der Waals surface area contributed by atoms with E-state index in [0.717, 1.165) is 12.3 Å². The standard InChI is InChI=1S/C15H16F2N4O2/c16-11-6-20-13(17)5-10(11)12-7-19-8-14(21-12)23-9-15(18)1-3-22-4-2-15/h5-8H,1-4,9,18H2. The van der Waals surface area contributed by atoms with Crippen molar-refractivity contribution in [2.45, 2.75) is 18.4 Å². The van der Waals surface area contributed by atoms with Crippen LogP contribution in [0.5, 0.6) is 5.88 Å². The minimum absolute atomic E-state index is 0.0241. The highest BCUT2D eigenvalue weighted by atomic mass is 19.1. The first kappa shape index (κ1) is 15.7. The van der Waals surface area contributed by atoms with Gasteiger partial charge in [0.05, 0.1) is 29.8 Å². The van der Waals surface area contributed by atoms with Gasteiger partial charge in [-0.1, -0.05) is 0 Å². The lowest BCUT2D eigenvalue weighted by atomic mass is 9.92.